The molecule has 1 atom stereocenters. The minimum atomic E-state index is 0.114. The molecule has 2 rings (SSSR count). The highest BCUT2D eigenvalue weighted by atomic mass is 28.2. The monoisotopic (exact) mass is 198 g/mol. The number of ether oxygens (including phenoxy) is 1. The fourth-order valence-corrected chi connectivity index (χ4v) is 5.09. The SMILES string of the molecule is C1CCC([SiH2]CC2CCCC2)OC1. The van der Waals surface area contributed by atoms with Crippen LogP contribution in [-0.2, 0) is 4.74 Å². The summed E-state index contributed by atoms with van der Waals surface area (Å²) in [7, 11) is 0.114. The lowest BCUT2D eigenvalue weighted by atomic mass is 10.1. The van der Waals surface area contributed by atoms with Crippen LogP contribution in [-0.4, -0.2) is 21.9 Å². The van der Waals surface area contributed by atoms with Gasteiger partial charge in [-0.15, -0.1) is 0 Å². The molecule has 1 aliphatic heterocycles. The fourth-order valence-electron chi connectivity index (χ4n) is 2.76. The maximum absolute atomic E-state index is 5.80. The van der Waals surface area contributed by atoms with Crippen molar-refractivity contribution in [3.05, 3.63) is 0 Å². The Bertz CT molecular complexity index is 137. The minimum Gasteiger partial charge on any atom is -0.382 e. The van der Waals surface area contributed by atoms with Gasteiger partial charge < -0.3 is 4.74 Å². The summed E-state index contributed by atoms with van der Waals surface area (Å²) >= 11 is 0. The molecule has 1 aliphatic carbocycles. The Kier molecular flexibility index (Phi) is 3.86. The second-order valence-electron chi connectivity index (χ2n) is 4.72. The normalized spacial score (nSPS) is 31.8. The van der Waals surface area contributed by atoms with Crippen LogP contribution in [0.2, 0.25) is 6.04 Å². The van der Waals surface area contributed by atoms with Crippen LogP contribution in [0.1, 0.15) is 44.9 Å². The molecule has 0 N–H and O–H groups in total. The second-order valence-corrected chi connectivity index (χ2v) is 6.78. The third-order valence-corrected chi connectivity index (χ3v) is 6.08. The number of hydrogen-bond acceptors (Lipinski definition) is 1. The van der Waals surface area contributed by atoms with Gasteiger partial charge in [0, 0.05) is 12.3 Å². The molecule has 0 bridgehead atoms. The Labute approximate surface area is 84.1 Å². The first-order valence-corrected chi connectivity index (χ1v) is 7.88. The van der Waals surface area contributed by atoms with E-state index in [0.29, 0.717) is 0 Å². The Hall–Kier alpha value is 0.177. The molecule has 0 aromatic rings. The van der Waals surface area contributed by atoms with Crippen molar-refractivity contribution in [2.45, 2.75) is 56.7 Å². The van der Waals surface area contributed by atoms with E-state index < -0.39 is 0 Å². The average molecular weight is 198 g/mol. The van der Waals surface area contributed by atoms with Crippen LogP contribution in [0.5, 0.6) is 0 Å². The maximum atomic E-state index is 5.80. The Balaban J connectivity index is 1.60. The van der Waals surface area contributed by atoms with Crippen molar-refractivity contribution in [2.24, 2.45) is 5.92 Å². The van der Waals surface area contributed by atoms with E-state index in [1.54, 1.807) is 6.04 Å². The van der Waals surface area contributed by atoms with Crippen LogP contribution in [0.3, 0.4) is 0 Å². The van der Waals surface area contributed by atoms with Gasteiger partial charge in [0.25, 0.3) is 0 Å². The van der Waals surface area contributed by atoms with E-state index in [1.807, 2.05) is 0 Å². The van der Waals surface area contributed by atoms with Crippen molar-refractivity contribution in [3.63, 3.8) is 0 Å². The predicted octanol–water partition coefficient (Wildman–Crippen LogP) is 2.29. The fraction of sp³-hybridized carbons (Fsp3) is 1.00. The summed E-state index contributed by atoms with van der Waals surface area (Å²) < 4.78 is 5.80. The minimum absolute atomic E-state index is 0.114. The van der Waals surface area contributed by atoms with Crippen LogP contribution in [0.25, 0.3) is 0 Å². The quantitative estimate of drug-likeness (QED) is 0.632. The predicted molar refractivity (Wildman–Crippen MR) is 58.9 cm³/mol. The Morgan fingerprint density at radius 1 is 1.00 bits per heavy atom. The van der Waals surface area contributed by atoms with Crippen LogP contribution in [0.15, 0.2) is 0 Å². The average Bonchev–Trinajstić information content (AvgIpc) is 2.69. The zero-order valence-electron chi connectivity index (χ0n) is 8.63. The molecule has 1 saturated carbocycles. The molecule has 1 unspecified atom stereocenters. The summed E-state index contributed by atoms with van der Waals surface area (Å²) in [5.74, 6) is 1.11. The molecular formula is C11H22OSi. The smallest absolute Gasteiger partial charge is 0.0558 e. The number of hydrogen-bond donors (Lipinski definition) is 0. The van der Waals surface area contributed by atoms with Gasteiger partial charge in [0.05, 0.1) is 9.52 Å². The Morgan fingerprint density at radius 2 is 1.77 bits per heavy atom. The van der Waals surface area contributed by atoms with Gasteiger partial charge in [-0.3, -0.25) is 0 Å². The molecule has 1 nitrogen and oxygen atoms in total. The lowest BCUT2D eigenvalue weighted by Gasteiger charge is -2.23. The number of rotatable bonds is 3. The maximum Gasteiger partial charge on any atom is 0.0558 e. The van der Waals surface area contributed by atoms with E-state index in [4.69, 9.17) is 4.74 Å². The van der Waals surface area contributed by atoms with Gasteiger partial charge in [0.1, 0.15) is 0 Å². The summed E-state index contributed by atoms with van der Waals surface area (Å²) in [6, 6.07) is 1.57. The first-order valence-electron chi connectivity index (χ1n) is 6.07. The van der Waals surface area contributed by atoms with Gasteiger partial charge in [-0.05, 0) is 25.2 Å². The van der Waals surface area contributed by atoms with Gasteiger partial charge in [-0.1, -0.05) is 31.7 Å². The molecule has 2 heteroatoms. The lowest BCUT2D eigenvalue weighted by molar-refractivity contribution is 0.0647. The van der Waals surface area contributed by atoms with E-state index >= 15 is 0 Å². The van der Waals surface area contributed by atoms with E-state index in [0.717, 1.165) is 18.3 Å². The highest BCUT2D eigenvalue weighted by molar-refractivity contribution is 6.37. The van der Waals surface area contributed by atoms with Crippen molar-refractivity contribution in [2.75, 3.05) is 6.61 Å². The summed E-state index contributed by atoms with van der Waals surface area (Å²) in [6.07, 6.45) is 10.2. The van der Waals surface area contributed by atoms with Gasteiger partial charge in [-0.25, -0.2) is 0 Å². The van der Waals surface area contributed by atoms with E-state index in [-0.39, 0.29) is 9.52 Å². The molecule has 0 aromatic carbocycles. The molecule has 0 spiro atoms. The standard InChI is InChI=1S/C11H22OSi/c1-2-6-10(5-1)9-13-11-7-3-4-8-12-11/h10-11H,1-9,13H2. The summed E-state index contributed by atoms with van der Waals surface area (Å²) in [5.41, 5.74) is 0.759. The summed E-state index contributed by atoms with van der Waals surface area (Å²) in [5, 5.41) is 0. The third-order valence-electron chi connectivity index (χ3n) is 3.65. The molecule has 13 heavy (non-hydrogen) atoms. The molecule has 1 heterocycles. The first kappa shape index (κ1) is 9.72. The molecule has 0 aromatic heterocycles. The molecule has 0 amide bonds. The Morgan fingerprint density at radius 3 is 2.46 bits per heavy atom. The topological polar surface area (TPSA) is 9.23 Å². The van der Waals surface area contributed by atoms with Gasteiger partial charge in [-0.2, -0.15) is 0 Å². The molecule has 0 radical (unpaired) electrons. The van der Waals surface area contributed by atoms with E-state index in [2.05, 4.69) is 0 Å². The van der Waals surface area contributed by atoms with Crippen molar-refractivity contribution in [3.8, 4) is 0 Å². The first-order chi connectivity index (χ1) is 6.45. The van der Waals surface area contributed by atoms with Crippen molar-refractivity contribution >= 4 is 9.52 Å². The van der Waals surface area contributed by atoms with Crippen molar-refractivity contribution in [1.29, 1.82) is 0 Å². The molecular weight excluding hydrogens is 176 g/mol. The largest absolute Gasteiger partial charge is 0.382 e. The molecule has 76 valence electrons. The van der Waals surface area contributed by atoms with E-state index in [1.165, 1.54) is 44.9 Å². The van der Waals surface area contributed by atoms with Crippen LogP contribution >= 0.6 is 0 Å². The molecule has 2 fully saturated rings. The zero-order chi connectivity index (χ0) is 8.93. The second kappa shape index (κ2) is 5.16. The van der Waals surface area contributed by atoms with Crippen LogP contribution < -0.4 is 0 Å². The molecule has 1 saturated heterocycles. The van der Waals surface area contributed by atoms with Crippen molar-refractivity contribution < 1.29 is 4.74 Å². The van der Waals surface area contributed by atoms with Crippen molar-refractivity contribution in [1.82, 2.24) is 0 Å². The van der Waals surface area contributed by atoms with Gasteiger partial charge in [0.2, 0.25) is 0 Å². The third kappa shape index (κ3) is 3.10. The highest BCUT2D eigenvalue weighted by Crippen LogP contribution is 2.28. The summed E-state index contributed by atoms with van der Waals surface area (Å²) in [6.45, 7) is 1.06. The zero-order valence-corrected chi connectivity index (χ0v) is 10.0. The van der Waals surface area contributed by atoms with Crippen LogP contribution in [0.4, 0.5) is 0 Å². The van der Waals surface area contributed by atoms with Gasteiger partial charge >= 0.3 is 0 Å². The highest BCUT2D eigenvalue weighted by Gasteiger charge is 2.19. The van der Waals surface area contributed by atoms with E-state index in [9.17, 15) is 0 Å². The van der Waals surface area contributed by atoms with Gasteiger partial charge in [0.15, 0.2) is 0 Å². The molecule has 2 aliphatic rings. The summed E-state index contributed by atoms with van der Waals surface area (Å²) in [4.78, 5) is 0. The van der Waals surface area contributed by atoms with Crippen LogP contribution in [0, 0.1) is 5.92 Å². The lowest BCUT2D eigenvalue weighted by Crippen LogP contribution is -2.26.